The molecular formula is C16H19BrN2OS. The Morgan fingerprint density at radius 1 is 1.29 bits per heavy atom. The van der Waals surface area contributed by atoms with Crippen LogP contribution in [0.25, 0.3) is 0 Å². The summed E-state index contributed by atoms with van der Waals surface area (Å²) in [5, 5.41) is 1.04. The molecule has 2 atom stereocenters. The number of methoxy groups -OCH3 is 1. The third-order valence-corrected chi connectivity index (χ3v) is 5.58. The lowest BCUT2D eigenvalue weighted by atomic mass is 10.0. The fourth-order valence-electron chi connectivity index (χ4n) is 2.08. The Morgan fingerprint density at radius 2 is 2.05 bits per heavy atom. The average molecular weight is 367 g/mol. The molecule has 1 heterocycles. The Morgan fingerprint density at radius 3 is 2.71 bits per heavy atom. The lowest BCUT2D eigenvalue weighted by molar-refractivity contribution is 0.407. The third kappa shape index (κ3) is 3.99. The van der Waals surface area contributed by atoms with E-state index in [2.05, 4.69) is 33.9 Å². The van der Waals surface area contributed by atoms with Crippen LogP contribution in [-0.2, 0) is 0 Å². The maximum Gasteiger partial charge on any atom is 0.123 e. The molecule has 21 heavy (non-hydrogen) atoms. The van der Waals surface area contributed by atoms with Crippen molar-refractivity contribution in [3.05, 3.63) is 52.6 Å². The highest BCUT2D eigenvalue weighted by Gasteiger charge is 2.24. The number of halogens is 1. The zero-order chi connectivity index (χ0) is 15.2. The number of hydrogen-bond donors (Lipinski definition) is 1. The van der Waals surface area contributed by atoms with E-state index in [0.29, 0.717) is 0 Å². The Kier molecular flexibility index (Phi) is 6.08. The van der Waals surface area contributed by atoms with E-state index in [9.17, 15) is 0 Å². The predicted octanol–water partition coefficient (Wildman–Crippen LogP) is 4.42. The summed E-state index contributed by atoms with van der Waals surface area (Å²) in [6, 6.07) is 12.0. The summed E-state index contributed by atoms with van der Waals surface area (Å²) in [4.78, 5) is 4.44. The van der Waals surface area contributed by atoms with Gasteiger partial charge in [-0.2, -0.15) is 0 Å². The number of thioether (sulfide) groups is 1. The SMILES string of the molecule is CCC(N)C(Sc1ncccc1Br)c1ccccc1OC. The number of para-hydroxylation sites is 1. The van der Waals surface area contributed by atoms with E-state index in [1.54, 1.807) is 25.1 Å². The van der Waals surface area contributed by atoms with Gasteiger partial charge in [-0.25, -0.2) is 4.98 Å². The van der Waals surface area contributed by atoms with Gasteiger partial charge in [0, 0.05) is 22.3 Å². The molecule has 1 aromatic carbocycles. The van der Waals surface area contributed by atoms with Crippen LogP contribution in [0, 0.1) is 0 Å². The Balaban J connectivity index is 2.37. The zero-order valence-electron chi connectivity index (χ0n) is 12.1. The minimum absolute atomic E-state index is 0.0280. The van der Waals surface area contributed by atoms with Crippen molar-refractivity contribution in [2.75, 3.05) is 7.11 Å². The molecule has 0 aliphatic heterocycles. The van der Waals surface area contributed by atoms with Gasteiger partial charge in [-0.15, -0.1) is 0 Å². The second kappa shape index (κ2) is 7.82. The summed E-state index contributed by atoms with van der Waals surface area (Å²) in [5.41, 5.74) is 7.46. The molecule has 0 fully saturated rings. The van der Waals surface area contributed by atoms with E-state index in [4.69, 9.17) is 10.5 Å². The van der Waals surface area contributed by atoms with E-state index < -0.39 is 0 Å². The van der Waals surface area contributed by atoms with E-state index in [0.717, 1.165) is 27.2 Å². The minimum Gasteiger partial charge on any atom is -0.496 e. The Labute approximate surface area is 138 Å². The van der Waals surface area contributed by atoms with Crippen LogP contribution in [0.2, 0.25) is 0 Å². The van der Waals surface area contributed by atoms with Gasteiger partial charge in [0.25, 0.3) is 0 Å². The highest BCUT2D eigenvalue weighted by atomic mass is 79.9. The molecule has 1 aromatic heterocycles. The van der Waals surface area contributed by atoms with Crippen LogP contribution in [0.1, 0.15) is 24.2 Å². The fourth-order valence-corrected chi connectivity index (χ4v) is 3.84. The quantitative estimate of drug-likeness (QED) is 0.768. The van der Waals surface area contributed by atoms with Crippen molar-refractivity contribution in [2.45, 2.75) is 29.7 Å². The normalized spacial score (nSPS) is 13.7. The Bertz CT molecular complexity index is 594. The smallest absolute Gasteiger partial charge is 0.123 e. The number of nitrogens with zero attached hydrogens (tertiary/aromatic N) is 1. The van der Waals surface area contributed by atoms with Crippen LogP contribution in [0.5, 0.6) is 5.75 Å². The van der Waals surface area contributed by atoms with E-state index in [1.807, 2.05) is 30.3 Å². The molecular weight excluding hydrogens is 348 g/mol. The molecule has 5 heteroatoms. The standard InChI is InChI=1S/C16H19BrN2OS/c1-3-13(18)15(11-7-4-5-9-14(11)20-2)21-16-12(17)8-6-10-19-16/h4-10,13,15H,3,18H2,1-2H3. The van der Waals surface area contributed by atoms with Gasteiger partial charge >= 0.3 is 0 Å². The van der Waals surface area contributed by atoms with Crippen LogP contribution in [0.15, 0.2) is 52.1 Å². The van der Waals surface area contributed by atoms with Crippen LogP contribution in [-0.4, -0.2) is 18.1 Å². The second-order valence-electron chi connectivity index (χ2n) is 4.64. The molecule has 112 valence electrons. The van der Waals surface area contributed by atoms with Gasteiger partial charge < -0.3 is 10.5 Å². The maximum absolute atomic E-state index is 6.35. The molecule has 2 unspecified atom stereocenters. The number of hydrogen-bond acceptors (Lipinski definition) is 4. The highest BCUT2D eigenvalue weighted by Crippen LogP contribution is 2.42. The first-order valence-electron chi connectivity index (χ1n) is 6.83. The van der Waals surface area contributed by atoms with Crippen LogP contribution >= 0.6 is 27.7 Å². The second-order valence-corrected chi connectivity index (χ2v) is 6.63. The highest BCUT2D eigenvalue weighted by molar-refractivity contribution is 9.10. The molecule has 0 aliphatic rings. The average Bonchev–Trinajstić information content (AvgIpc) is 2.53. The van der Waals surface area contributed by atoms with Gasteiger partial charge in [-0.3, -0.25) is 0 Å². The summed E-state index contributed by atoms with van der Waals surface area (Å²) in [6.07, 6.45) is 2.68. The largest absolute Gasteiger partial charge is 0.496 e. The summed E-state index contributed by atoms with van der Waals surface area (Å²) in [5.74, 6) is 0.867. The topological polar surface area (TPSA) is 48.1 Å². The lowest BCUT2D eigenvalue weighted by Gasteiger charge is -2.24. The van der Waals surface area contributed by atoms with Gasteiger partial charge in [-0.1, -0.05) is 36.9 Å². The first kappa shape index (κ1) is 16.3. The molecule has 0 aliphatic carbocycles. The van der Waals surface area contributed by atoms with Gasteiger partial charge in [0.15, 0.2) is 0 Å². The number of nitrogens with two attached hydrogens (primary N) is 1. The third-order valence-electron chi connectivity index (χ3n) is 3.27. The molecule has 0 saturated carbocycles. The minimum atomic E-state index is 0.0280. The molecule has 0 radical (unpaired) electrons. The molecule has 2 rings (SSSR count). The first-order chi connectivity index (χ1) is 10.2. The monoisotopic (exact) mass is 366 g/mol. The number of aromatic nitrogens is 1. The summed E-state index contributed by atoms with van der Waals surface area (Å²) < 4.78 is 6.47. The molecule has 0 bridgehead atoms. The van der Waals surface area contributed by atoms with E-state index in [-0.39, 0.29) is 11.3 Å². The van der Waals surface area contributed by atoms with Crippen molar-refractivity contribution in [3.8, 4) is 5.75 Å². The molecule has 2 aromatic rings. The molecule has 0 spiro atoms. The number of benzene rings is 1. The van der Waals surface area contributed by atoms with Crippen molar-refractivity contribution in [1.29, 1.82) is 0 Å². The van der Waals surface area contributed by atoms with Crippen LogP contribution < -0.4 is 10.5 Å². The molecule has 2 N–H and O–H groups in total. The first-order valence-corrected chi connectivity index (χ1v) is 8.50. The molecule has 0 saturated heterocycles. The number of rotatable bonds is 6. The van der Waals surface area contributed by atoms with Crippen molar-refractivity contribution in [2.24, 2.45) is 5.73 Å². The van der Waals surface area contributed by atoms with Crippen molar-refractivity contribution in [1.82, 2.24) is 4.98 Å². The lowest BCUT2D eigenvalue weighted by Crippen LogP contribution is -2.26. The zero-order valence-corrected chi connectivity index (χ0v) is 14.5. The maximum atomic E-state index is 6.35. The summed E-state index contributed by atoms with van der Waals surface area (Å²) in [7, 11) is 1.69. The molecule has 3 nitrogen and oxygen atoms in total. The summed E-state index contributed by atoms with van der Waals surface area (Å²) >= 11 is 5.22. The van der Waals surface area contributed by atoms with Crippen LogP contribution in [0.4, 0.5) is 0 Å². The van der Waals surface area contributed by atoms with Crippen LogP contribution in [0.3, 0.4) is 0 Å². The summed E-state index contributed by atoms with van der Waals surface area (Å²) in [6.45, 7) is 2.10. The van der Waals surface area contributed by atoms with Gasteiger partial charge in [0.05, 0.1) is 12.4 Å². The van der Waals surface area contributed by atoms with E-state index in [1.165, 1.54) is 0 Å². The molecule has 0 amide bonds. The van der Waals surface area contributed by atoms with Gasteiger partial charge in [0.2, 0.25) is 0 Å². The number of pyridine rings is 1. The number of ether oxygens (including phenoxy) is 1. The van der Waals surface area contributed by atoms with Crippen molar-refractivity contribution >= 4 is 27.7 Å². The van der Waals surface area contributed by atoms with Gasteiger partial charge in [-0.05, 0) is 40.5 Å². The van der Waals surface area contributed by atoms with Crippen molar-refractivity contribution in [3.63, 3.8) is 0 Å². The predicted molar refractivity (Wildman–Crippen MR) is 91.8 cm³/mol. The van der Waals surface area contributed by atoms with Gasteiger partial charge in [0.1, 0.15) is 10.8 Å². The van der Waals surface area contributed by atoms with E-state index >= 15 is 0 Å². The fraction of sp³-hybridized carbons (Fsp3) is 0.312. The Hall–Kier alpha value is -1.04. The van der Waals surface area contributed by atoms with Crippen molar-refractivity contribution < 1.29 is 4.74 Å².